The van der Waals surface area contributed by atoms with Crippen LogP contribution in [0.3, 0.4) is 0 Å². The number of halogens is 2. The molecule has 6 nitrogen and oxygen atoms in total. The average Bonchev–Trinajstić information content (AvgIpc) is 2.65. The van der Waals surface area contributed by atoms with E-state index in [1.54, 1.807) is 38.3 Å². The number of amides is 1. The van der Waals surface area contributed by atoms with Gasteiger partial charge in [0.15, 0.2) is 0 Å². The molecule has 2 aromatic carbocycles. The van der Waals surface area contributed by atoms with Crippen LogP contribution in [0.25, 0.3) is 0 Å². The van der Waals surface area contributed by atoms with Gasteiger partial charge in [-0.05, 0) is 43.3 Å². The molecule has 0 aliphatic rings. The Kier molecular flexibility index (Phi) is 5.25. The van der Waals surface area contributed by atoms with Crippen LogP contribution in [-0.2, 0) is 0 Å². The van der Waals surface area contributed by atoms with E-state index in [2.05, 4.69) is 20.6 Å². The molecule has 0 saturated carbocycles. The standard InChI is InChI=1S/C19H16F2N4O2/c1-11-22-16(19(26)25-18-14(20)4-3-5-15(18)21)10-17(23-11)24-12-6-8-13(27-2)9-7-12/h3-10H,1-2H3,(H,25,26)(H,22,23,24). The van der Waals surface area contributed by atoms with Crippen molar-refractivity contribution in [1.82, 2.24) is 9.97 Å². The van der Waals surface area contributed by atoms with Crippen molar-refractivity contribution >= 4 is 23.1 Å². The molecule has 2 N–H and O–H groups in total. The minimum atomic E-state index is -0.870. The molecule has 0 bridgehead atoms. The van der Waals surface area contributed by atoms with E-state index >= 15 is 0 Å². The summed E-state index contributed by atoms with van der Waals surface area (Å²) >= 11 is 0. The fourth-order valence-corrected chi connectivity index (χ4v) is 2.37. The molecule has 0 aliphatic carbocycles. The molecule has 8 heteroatoms. The highest BCUT2D eigenvalue weighted by molar-refractivity contribution is 6.03. The maximum Gasteiger partial charge on any atom is 0.274 e. The minimum Gasteiger partial charge on any atom is -0.497 e. The van der Waals surface area contributed by atoms with Crippen molar-refractivity contribution < 1.29 is 18.3 Å². The third-order valence-corrected chi connectivity index (χ3v) is 3.63. The van der Waals surface area contributed by atoms with Gasteiger partial charge in [0, 0.05) is 11.8 Å². The monoisotopic (exact) mass is 370 g/mol. The van der Waals surface area contributed by atoms with Crippen LogP contribution in [0.15, 0.2) is 48.5 Å². The summed E-state index contributed by atoms with van der Waals surface area (Å²) < 4.78 is 32.5. The molecule has 0 aliphatic heterocycles. The summed E-state index contributed by atoms with van der Waals surface area (Å²) in [5.74, 6) is -1.09. The van der Waals surface area contributed by atoms with E-state index in [1.807, 2.05) is 0 Å². The predicted octanol–water partition coefficient (Wildman–Crippen LogP) is 4.07. The summed E-state index contributed by atoms with van der Waals surface area (Å²) in [6.07, 6.45) is 0. The lowest BCUT2D eigenvalue weighted by Crippen LogP contribution is -2.17. The number of aromatic nitrogens is 2. The zero-order chi connectivity index (χ0) is 19.4. The first kappa shape index (κ1) is 18.2. The Morgan fingerprint density at radius 1 is 1.04 bits per heavy atom. The fraction of sp³-hybridized carbons (Fsp3) is 0.105. The Hall–Kier alpha value is -3.55. The molecule has 1 aromatic heterocycles. The van der Waals surface area contributed by atoms with Gasteiger partial charge in [-0.25, -0.2) is 18.7 Å². The van der Waals surface area contributed by atoms with E-state index in [4.69, 9.17) is 4.74 Å². The van der Waals surface area contributed by atoms with Gasteiger partial charge in [-0.1, -0.05) is 6.07 Å². The van der Waals surface area contributed by atoms with E-state index in [9.17, 15) is 13.6 Å². The first-order valence-corrected chi connectivity index (χ1v) is 7.98. The second kappa shape index (κ2) is 7.77. The predicted molar refractivity (Wildman–Crippen MR) is 97.4 cm³/mol. The van der Waals surface area contributed by atoms with Crippen LogP contribution < -0.4 is 15.4 Å². The van der Waals surface area contributed by atoms with Crippen molar-refractivity contribution in [2.45, 2.75) is 6.92 Å². The molecular weight excluding hydrogens is 354 g/mol. The van der Waals surface area contributed by atoms with Gasteiger partial charge in [0.1, 0.15) is 40.4 Å². The van der Waals surface area contributed by atoms with Crippen LogP contribution in [0.1, 0.15) is 16.3 Å². The number of anilines is 3. The number of methoxy groups -OCH3 is 1. The lowest BCUT2D eigenvalue weighted by Gasteiger charge is -2.10. The summed E-state index contributed by atoms with van der Waals surface area (Å²) in [5.41, 5.74) is 0.171. The van der Waals surface area contributed by atoms with Crippen molar-refractivity contribution in [3.63, 3.8) is 0 Å². The van der Waals surface area contributed by atoms with E-state index in [0.29, 0.717) is 17.4 Å². The van der Waals surface area contributed by atoms with E-state index < -0.39 is 23.2 Å². The third kappa shape index (κ3) is 4.35. The van der Waals surface area contributed by atoms with Crippen molar-refractivity contribution in [3.05, 3.63) is 71.7 Å². The molecule has 3 aromatic rings. The van der Waals surface area contributed by atoms with Crippen molar-refractivity contribution in [2.24, 2.45) is 0 Å². The number of carbonyl (C=O) groups excluding carboxylic acids is 1. The number of rotatable bonds is 5. The molecule has 0 fully saturated rings. The number of benzene rings is 2. The van der Waals surface area contributed by atoms with Crippen molar-refractivity contribution in [1.29, 1.82) is 0 Å². The zero-order valence-corrected chi connectivity index (χ0v) is 14.6. The molecule has 0 spiro atoms. The maximum absolute atomic E-state index is 13.7. The smallest absolute Gasteiger partial charge is 0.274 e. The number of aryl methyl sites for hydroxylation is 1. The highest BCUT2D eigenvalue weighted by Crippen LogP contribution is 2.21. The SMILES string of the molecule is COc1ccc(Nc2cc(C(=O)Nc3c(F)cccc3F)nc(C)n2)cc1. The van der Waals surface area contributed by atoms with E-state index in [-0.39, 0.29) is 5.69 Å². The fourth-order valence-electron chi connectivity index (χ4n) is 2.37. The first-order chi connectivity index (χ1) is 13.0. The van der Waals surface area contributed by atoms with Crippen molar-refractivity contribution in [2.75, 3.05) is 17.7 Å². The Labute approximate surface area is 154 Å². The number of nitrogens with zero attached hydrogens (tertiary/aromatic N) is 2. The Bertz CT molecular complexity index is 958. The Morgan fingerprint density at radius 3 is 2.33 bits per heavy atom. The summed E-state index contributed by atoms with van der Waals surface area (Å²) in [5, 5.41) is 5.25. The number of nitrogens with one attached hydrogen (secondary N) is 2. The van der Waals surface area contributed by atoms with Gasteiger partial charge in [-0.2, -0.15) is 0 Å². The Balaban J connectivity index is 1.82. The zero-order valence-electron chi connectivity index (χ0n) is 14.6. The summed E-state index contributed by atoms with van der Waals surface area (Å²) in [7, 11) is 1.57. The molecule has 1 amide bonds. The molecule has 0 radical (unpaired) electrons. The van der Waals surface area contributed by atoms with E-state index in [1.165, 1.54) is 12.1 Å². The van der Waals surface area contributed by atoms with Gasteiger partial charge >= 0.3 is 0 Å². The normalized spacial score (nSPS) is 10.4. The number of ether oxygens (including phenoxy) is 1. The van der Waals surface area contributed by atoms with Crippen LogP contribution in [0.5, 0.6) is 5.75 Å². The lowest BCUT2D eigenvalue weighted by molar-refractivity contribution is 0.102. The Morgan fingerprint density at radius 2 is 1.70 bits per heavy atom. The molecule has 1 heterocycles. The molecule has 138 valence electrons. The van der Waals surface area contributed by atoms with Gasteiger partial charge < -0.3 is 15.4 Å². The van der Waals surface area contributed by atoms with Crippen LogP contribution >= 0.6 is 0 Å². The second-order valence-electron chi connectivity index (χ2n) is 5.59. The van der Waals surface area contributed by atoms with E-state index in [0.717, 1.165) is 17.8 Å². The average molecular weight is 370 g/mol. The number of hydrogen-bond donors (Lipinski definition) is 2. The lowest BCUT2D eigenvalue weighted by atomic mass is 10.2. The summed E-state index contributed by atoms with van der Waals surface area (Å²) in [6, 6.07) is 11.8. The quantitative estimate of drug-likeness (QED) is 0.708. The highest BCUT2D eigenvalue weighted by Gasteiger charge is 2.16. The van der Waals surface area contributed by atoms with Crippen LogP contribution in [0.4, 0.5) is 26.0 Å². The summed E-state index contributed by atoms with van der Waals surface area (Å²) in [6.45, 7) is 1.61. The van der Waals surface area contributed by atoms with Crippen molar-refractivity contribution in [3.8, 4) is 5.75 Å². The highest BCUT2D eigenvalue weighted by atomic mass is 19.1. The van der Waals surface area contributed by atoms with Gasteiger partial charge in [0.05, 0.1) is 7.11 Å². The number of hydrogen-bond acceptors (Lipinski definition) is 5. The first-order valence-electron chi connectivity index (χ1n) is 7.98. The molecule has 3 rings (SSSR count). The number of carbonyl (C=O) groups is 1. The second-order valence-corrected chi connectivity index (χ2v) is 5.59. The van der Waals surface area contributed by atoms with Crippen LogP contribution in [0.2, 0.25) is 0 Å². The number of para-hydroxylation sites is 1. The van der Waals surface area contributed by atoms with Crippen LogP contribution in [0, 0.1) is 18.6 Å². The van der Waals surface area contributed by atoms with Gasteiger partial charge in [0.25, 0.3) is 5.91 Å². The molecule has 27 heavy (non-hydrogen) atoms. The third-order valence-electron chi connectivity index (χ3n) is 3.63. The minimum absolute atomic E-state index is 0.0267. The molecule has 0 atom stereocenters. The van der Waals surface area contributed by atoms with Gasteiger partial charge in [-0.3, -0.25) is 4.79 Å². The van der Waals surface area contributed by atoms with Gasteiger partial charge in [-0.15, -0.1) is 0 Å². The molecule has 0 unspecified atom stereocenters. The largest absolute Gasteiger partial charge is 0.497 e. The van der Waals surface area contributed by atoms with Crippen LogP contribution in [-0.4, -0.2) is 23.0 Å². The molecular formula is C19H16F2N4O2. The topological polar surface area (TPSA) is 76.1 Å². The summed E-state index contributed by atoms with van der Waals surface area (Å²) in [4.78, 5) is 20.6. The molecule has 0 saturated heterocycles. The van der Waals surface area contributed by atoms with Gasteiger partial charge in [0.2, 0.25) is 0 Å². The maximum atomic E-state index is 13.7.